The van der Waals surface area contributed by atoms with Crippen LogP contribution in [0.1, 0.15) is 73.3 Å². The zero-order valence-electron chi connectivity index (χ0n) is 15.1. The first-order valence-electron chi connectivity index (χ1n) is 8.88. The smallest absolute Gasteiger partial charge is 0.102 e. The van der Waals surface area contributed by atoms with E-state index >= 15 is 0 Å². The third-order valence-corrected chi connectivity index (χ3v) is 5.33. The summed E-state index contributed by atoms with van der Waals surface area (Å²) in [6.07, 6.45) is 3.02. The van der Waals surface area contributed by atoms with Crippen molar-refractivity contribution in [3.8, 4) is 23.3 Å². The van der Waals surface area contributed by atoms with Gasteiger partial charge in [0.15, 0.2) is 0 Å². The summed E-state index contributed by atoms with van der Waals surface area (Å²) in [6.45, 7) is 6.48. The Labute approximate surface area is 149 Å². The predicted molar refractivity (Wildman–Crippen MR) is 101 cm³/mol. The summed E-state index contributed by atoms with van der Waals surface area (Å²) >= 11 is 0. The first kappa shape index (κ1) is 17.1. The second-order valence-corrected chi connectivity index (χ2v) is 7.22. The minimum atomic E-state index is 0.294. The van der Waals surface area contributed by atoms with Gasteiger partial charge in [0.1, 0.15) is 12.1 Å². The lowest BCUT2D eigenvalue weighted by Crippen LogP contribution is -2.15. The topological polar surface area (TPSA) is 73.6 Å². The van der Waals surface area contributed by atoms with E-state index in [0.717, 1.165) is 41.5 Å². The summed E-state index contributed by atoms with van der Waals surface area (Å²) in [5, 5.41) is 19.4. The highest BCUT2D eigenvalue weighted by Crippen LogP contribution is 2.44. The van der Waals surface area contributed by atoms with Crippen molar-refractivity contribution in [2.75, 3.05) is 5.73 Å². The maximum Gasteiger partial charge on any atom is 0.102 e. The molecule has 0 bridgehead atoms. The molecule has 0 radical (unpaired) electrons. The average Bonchev–Trinajstić information content (AvgIpc) is 2.61. The lowest BCUT2D eigenvalue weighted by molar-refractivity contribution is 0.590. The second kappa shape index (κ2) is 6.61. The van der Waals surface area contributed by atoms with Crippen molar-refractivity contribution in [3.05, 3.63) is 52.1 Å². The fourth-order valence-corrected chi connectivity index (χ4v) is 3.96. The number of nitriles is 2. The molecule has 2 aromatic carbocycles. The molecule has 0 unspecified atom stereocenters. The Bertz CT molecular complexity index is 893. The van der Waals surface area contributed by atoms with Crippen molar-refractivity contribution < 1.29 is 0 Å². The lowest BCUT2D eigenvalue weighted by Gasteiger charge is -2.28. The van der Waals surface area contributed by atoms with E-state index in [-0.39, 0.29) is 0 Å². The zero-order chi connectivity index (χ0) is 18.1. The number of hydrogen-bond acceptors (Lipinski definition) is 3. The van der Waals surface area contributed by atoms with Gasteiger partial charge in [0, 0.05) is 5.56 Å². The van der Waals surface area contributed by atoms with E-state index in [4.69, 9.17) is 5.73 Å². The number of nitrogens with zero attached hydrogens (tertiary/aromatic N) is 2. The molecule has 0 aromatic heterocycles. The van der Waals surface area contributed by atoms with Crippen molar-refractivity contribution in [1.29, 1.82) is 10.5 Å². The van der Waals surface area contributed by atoms with Gasteiger partial charge >= 0.3 is 0 Å². The summed E-state index contributed by atoms with van der Waals surface area (Å²) in [4.78, 5) is 0. The second-order valence-electron chi connectivity index (χ2n) is 7.22. The van der Waals surface area contributed by atoms with Gasteiger partial charge in [-0.15, -0.1) is 0 Å². The van der Waals surface area contributed by atoms with Gasteiger partial charge in [-0.2, -0.15) is 10.5 Å². The molecule has 0 amide bonds. The highest BCUT2D eigenvalue weighted by Gasteiger charge is 2.28. The normalized spacial score (nSPS) is 16.2. The Morgan fingerprint density at radius 1 is 1.08 bits per heavy atom. The van der Waals surface area contributed by atoms with Gasteiger partial charge in [-0.05, 0) is 53.4 Å². The van der Waals surface area contributed by atoms with Gasteiger partial charge < -0.3 is 5.73 Å². The van der Waals surface area contributed by atoms with Crippen LogP contribution in [0.3, 0.4) is 0 Å². The predicted octanol–water partition coefficient (Wildman–Crippen LogP) is 5.24. The van der Waals surface area contributed by atoms with Crippen molar-refractivity contribution in [2.45, 2.75) is 51.9 Å². The Balaban J connectivity index is 2.33. The third-order valence-electron chi connectivity index (χ3n) is 5.33. The van der Waals surface area contributed by atoms with Crippen LogP contribution in [0.5, 0.6) is 0 Å². The summed E-state index contributed by atoms with van der Waals surface area (Å²) in [6, 6.07) is 12.9. The van der Waals surface area contributed by atoms with E-state index in [1.165, 1.54) is 5.56 Å². The Kier molecular flexibility index (Phi) is 4.51. The van der Waals surface area contributed by atoms with Gasteiger partial charge in [-0.25, -0.2) is 0 Å². The molecule has 1 aliphatic carbocycles. The quantitative estimate of drug-likeness (QED) is 0.765. The Morgan fingerprint density at radius 2 is 1.72 bits per heavy atom. The largest absolute Gasteiger partial charge is 0.397 e. The van der Waals surface area contributed by atoms with E-state index in [9.17, 15) is 10.5 Å². The summed E-state index contributed by atoms with van der Waals surface area (Å²) < 4.78 is 0. The van der Waals surface area contributed by atoms with Gasteiger partial charge in [-0.1, -0.05) is 45.0 Å². The average molecular weight is 329 g/mol. The summed E-state index contributed by atoms with van der Waals surface area (Å²) in [5.41, 5.74) is 12.9. The van der Waals surface area contributed by atoms with Crippen molar-refractivity contribution >= 4 is 5.69 Å². The van der Waals surface area contributed by atoms with Crippen LogP contribution in [-0.4, -0.2) is 0 Å². The molecular weight excluding hydrogens is 306 g/mol. The number of nitrogen functional groups attached to an aromatic ring is 1. The van der Waals surface area contributed by atoms with Crippen LogP contribution in [0, 0.1) is 22.7 Å². The van der Waals surface area contributed by atoms with Crippen LogP contribution >= 0.6 is 0 Å². The molecule has 0 aliphatic heterocycles. The van der Waals surface area contributed by atoms with E-state index in [1.54, 1.807) is 0 Å². The Morgan fingerprint density at radius 3 is 2.28 bits per heavy atom. The number of rotatable bonds is 2. The molecule has 0 fully saturated rings. The SMILES string of the molecule is CC(C)c1ccc(-c2c(C#N)c(N)c(C#N)c3c2CCC[C@@H]3C)cc1. The molecule has 25 heavy (non-hydrogen) atoms. The lowest BCUT2D eigenvalue weighted by atomic mass is 9.75. The number of benzene rings is 2. The number of hydrogen-bond donors (Lipinski definition) is 1. The Hall–Kier alpha value is -2.78. The molecule has 0 heterocycles. The minimum Gasteiger partial charge on any atom is -0.397 e. The first-order valence-corrected chi connectivity index (χ1v) is 8.88. The van der Waals surface area contributed by atoms with Crippen LogP contribution in [0.25, 0.3) is 11.1 Å². The highest BCUT2D eigenvalue weighted by molar-refractivity contribution is 5.85. The molecular formula is C22H23N3. The van der Waals surface area contributed by atoms with E-state index in [0.29, 0.717) is 28.7 Å². The maximum atomic E-state index is 9.75. The van der Waals surface area contributed by atoms with Crippen molar-refractivity contribution in [2.24, 2.45) is 0 Å². The monoisotopic (exact) mass is 329 g/mol. The standard InChI is InChI=1S/C22H23N3/c1-13(2)15-7-9-16(10-8-15)21-17-6-4-5-14(3)20(17)18(11-23)22(25)19(21)12-24/h7-10,13-14H,4-6,25H2,1-3H3/t14-/m0/s1. The molecule has 2 N–H and O–H groups in total. The zero-order valence-corrected chi connectivity index (χ0v) is 15.1. The molecule has 126 valence electrons. The van der Waals surface area contributed by atoms with E-state index in [2.05, 4.69) is 57.2 Å². The molecule has 0 saturated carbocycles. The highest BCUT2D eigenvalue weighted by atomic mass is 14.6. The van der Waals surface area contributed by atoms with E-state index in [1.807, 2.05) is 0 Å². The molecule has 3 nitrogen and oxygen atoms in total. The van der Waals surface area contributed by atoms with Gasteiger partial charge in [0.2, 0.25) is 0 Å². The first-order chi connectivity index (χ1) is 12.0. The summed E-state index contributed by atoms with van der Waals surface area (Å²) in [5.74, 6) is 0.756. The minimum absolute atomic E-state index is 0.294. The molecule has 0 spiro atoms. The number of fused-ring (bicyclic) bond motifs is 1. The van der Waals surface area contributed by atoms with Crippen LogP contribution in [-0.2, 0) is 6.42 Å². The maximum absolute atomic E-state index is 9.75. The third kappa shape index (κ3) is 2.77. The molecule has 2 aromatic rings. The molecule has 3 rings (SSSR count). The number of anilines is 1. The number of nitrogens with two attached hydrogens (primary N) is 1. The van der Waals surface area contributed by atoms with Gasteiger partial charge in [-0.3, -0.25) is 0 Å². The fourth-order valence-electron chi connectivity index (χ4n) is 3.96. The van der Waals surface area contributed by atoms with Crippen LogP contribution < -0.4 is 5.73 Å². The summed E-state index contributed by atoms with van der Waals surface area (Å²) in [7, 11) is 0. The molecule has 0 saturated heterocycles. The molecule has 1 aliphatic rings. The van der Waals surface area contributed by atoms with Crippen LogP contribution in [0.2, 0.25) is 0 Å². The van der Waals surface area contributed by atoms with E-state index < -0.39 is 0 Å². The van der Waals surface area contributed by atoms with Crippen molar-refractivity contribution in [1.82, 2.24) is 0 Å². The molecule has 3 heteroatoms. The van der Waals surface area contributed by atoms with Crippen molar-refractivity contribution in [3.63, 3.8) is 0 Å². The van der Waals surface area contributed by atoms with Crippen LogP contribution in [0.4, 0.5) is 5.69 Å². The molecule has 1 atom stereocenters. The van der Waals surface area contributed by atoms with Gasteiger partial charge in [0.25, 0.3) is 0 Å². The van der Waals surface area contributed by atoms with Crippen LogP contribution in [0.15, 0.2) is 24.3 Å². The fraction of sp³-hybridized carbons (Fsp3) is 0.364. The van der Waals surface area contributed by atoms with Gasteiger partial charge in [0.05, 0.1) is 16.8 Å².